The fourth-order valence-corrected chi connectivity index (χ4v) is 1.32. The third-order valence-corrected chi connectivity index (χ3v) is 2.38. The van der Waals surface area contributed by atoms with Crippen LogP contribution in [-0.4, -0.2) is 4.98 Å². The summed E-state index contributed by atoms with van der Waals surface area (Å²) in [6.45, 7) is 12.9. The van der Waals surface area contributed by atoms with Gasteiger partial charge in [0.15, 0.2) is 0 Å². The number of aromatic nitrogens is 1. The van der Waals surface area contributed by atoms with Gasteiger partial charge in [0.25, 0.3) is 0 Å². The van der Waals surface area contributed by atoms with Crippen molar-refractivity contribution in [2.45, 2.75) is 52.4 Å². The summed E-state index contributed by atoms with van der Waals surface area (Å²) in [6.07, 6.45) is 0. The standard InChI is InChI=1S/C13H22N2/c1-12(2,3)10-7-9(14)8-11(15-10)13(4,5)6/h7-8H,1-6H3,(H2,14,15). The molecule has 2 nitrogen and oxygen atoms in total. The molecular formula is C13H22N2. The minimum Gasteiger partial charge on any atom is -0.399 e. The van der Waals surface area contributed by atoms with Gasteiger partial charge in [-0.15, -0.1) is 0 Å². The zero-order chi connectivity index (χ0) is 11.9. The number of nitrogens with two attached hydrogens (primary N) is 1. The van der Waals surface area contributed by atoms with E-state index in [2.05, 4.69) is 41.5 Å². The van der Waals surface area contributed by atoms with Gasteiger partial charge in [0, 0.05) is 27.9 Å². The van der Waals surface area contributed by atoms with Crippen LogP contribution in [0.4, 0.5) is 5.69 Å². The summed E-state index contributed by atoms with van der Waals surface area (Å²) in [4.78, 5) is 4.70. The van der Waals surface area contributed by atoms with Gasteiger partial charge in [0.1, 0.15) is 0 Å². The van der Waals surface area contributed by atoms with E-state index in [-0.39, 0.29) is 10.8 Å². The van der Waals surface area contributed by atoms with Crippen molar-refractivity contribution in [2.75, 3.05) is 5.73 Å². The molecular weight excluding hydrogens is 184 g/mol. The first-order valence-electron chi connectivity index (χ1n) is 5.39. The van der Waals surface area contributed by atoms with Gasteiger partial charge in [0.05, 0.1) is 0 Å². The van der Waals surface area contributed by atoms with E-state index in [9.17, 15) is 0 Å². The van der Waals surface area contributed by atoms with E-state index in [1.54, 1.807) is 0 Å². The van der Waals surface area contributed by atoms with E-state index in [1.807, 2.05) is 12.1 Å². The topological polar surface area (TPSA) is 38.9 Å². The van der Waals surface area contributed by atoms with E-state index in [1.165, 1.54) is 0 Å². The number of rotatable bonds is 0. The van der Waals surface area contributed by atoms with E-state index in [0.29, 0.717) is 0 Å². The predicted molar refractivity (Wildman–Crippen MR) is 66.0 cm³/mol. The Bertz CT molecular complexity index is 322. The van der Waals surface area contributed by atoms with Crippen LogP contribution in [0.3, 0.4) is 0 Å². The van der Waals surface area contributed by atoms with Crippen molar-refractivity contribution in [3.8, 4) is 0 Å². The van der Waals surface area contributed by atoms with Gasteiger partial charge in [-0.2, -0.15) is 0 Å². The maximum atomic E-state index is 5.91. The SMILES string of the molecule is CC(C)(C)c1cc(N)cc(C(C)(C)C)n1. The Morgan fingerprint density at radius 2 is 1.20 bits per heavy atom. The van der Waals surface area contributed by atoms with Gasteiger partial charge in [-0.05, 0) is 12.1 Å². The van der Waals surface area contributed by atoms with E-state index >= 15 is 0 Å². The first-order chi connectivity index (χ1) is 6.60. The van der Waals surface area contributed by atoms with E-state index in [4.69, 9.17) is 10.7 Å². The average Bonchev–Trinajstić information content (AvgIpc) is 1.99. The molecule has 1 heterocycles. The summed E-state index contributed by atoms with van der Waals surface area (Å²) >= 11 is 0. The first-order valence-corrected chi connectivity index (χ1v) is 5.39. The van der Waals surface area contributed by atoms with Crippen molar-refractivity contribution in [1.82, 2.24) is 4.98 Å². The van der Waals surface area contributed by atoms with E-state index < -0.39 is 0 Å². The Morgan fingerprint density at radius 1 is 0.867 bits per heavy atom. The zero-order valence-corrected chi connectivity index (χ0v) is 10.7. The minimum absolute atomic E-state index is 0.0510. The highest BCUT2D eigenvalue weighted by molar-refractivity contribution is 5.43. The molecule has 2 heteroatoms. The van der Waals surface area contributed by atoms with Crippen LogP contribution in [0.2, 0.25) is 0 Å². The summed E-state index contributed by atoms with van der Waals surface area (Å²) in [7, 11) is 0. The molecule has 0 fully saturated rings. The Labute approximate surface area is 92.9 Å². The summed E-state index contributed by atoms with van der Waals surface area (Å²) in [5, 5.41) is 0. The fraction of sp³-hybridized carbons (Fsp3) is 0.615. The second-order valence-corrected chi connectivity index (χ2v) is 6.17. The maximum absolute atomic E-state index is 5.91. The number of nitrogen functional groups attached to an aromatic ring is 1. The fourth-order valence-electron chi connectivity index (χ4n) is 1.32. The van der Waals surface area contributed by atoms with Gasteiger partial charge in [0.2, 0.25) is 0 Å². The van der Waals surface area contributed by atoms with Crippen LogP contribution in [0.5, 0.6) is 0 Å². The van der Waals surface area contributed by atoms with Crippen LogP contribution in [0, 0.1) is 0 Å². The molecule has 0 aliphatic heterocycles. The summed E-state index contributed by atoms with van der Waals surface area (Å²) in [5.74, 6) is 0. The number of hydrogen-bond acceptors (Lipinski definition) is 2. The summed E-state index contributed by atoms with van der Waals surface area (Å²) in [6, 6.07) is 3.94. The third kappa shape index (κ3) is 2.95. The van der Waals surface area contributed by atoms with Crippen LogP contribution in [0.15, 0.2) is 12.1 Å². The number of hydrogen-bond donors (Lipinski definition) is 1. The maximum Gasteiger partial charge on any atom is 0.0481 e. The second-order valence-electron chi connectivity index (χ2n) is 6.17. The molecule has 0 aliphatic rings. The molecule has 0 unspecified atom stereocenters. The second kappa shape index (κ2) is 3.51. The number of anilines is 1. The highest BCUT2D eigenvalue weighted by Gasteiger charge is 2.21. The Hall–Kier alpha value is -1.05. The molecule has 0 radical (unpaired) electrons. The summed E-state index contributed by atoms with van der Waals surface area (Å²) < 4.78 is 0. The lowest BCUT2D eigenvalue weighted by atomic mass is 9.87. The lowest BCUT2D eigenvalue weighted by Crippen LogP contribution is -2.20. The van der Waals surface area contributed by atoms with Crippen molar-refractivity contribution in [3.63, 3.8) is 0 Å². The Kier molecular flexibility index (Phi) is 2.81. The highest BCUT2D eigenvalue weighted by Crippen LogP contribution is 2.27. The van der Waals surface area contributed by atoms with Crippen molar-refractivity contribution in [2.24, 2.45) is 0 Å². The molecule has 15 heavy (non-hydrogen) atoms. The van der Waals surface area contributed by atoms with Crippen molar-refractivity contribution < 1.29 is 0 Å². The van der Waals surface area contributed by atoms with Gasteiger partial charge >= 0.3 is 0 Å². The molecule has 1 aromatic rings. The largest absolute Gasteiger partial charge is 0.399 e. The van der Waals surface area contributed by atoms with Crippen molar-refractivity contribution >= 4 is 5.69 Å². The third-order valence-electron chi connectivity index (χ3n) is 2.38. The molecule has 0 aromatic carbocycles. The number of pyridine rings is 1. The monoisotopic (exact) mass is 206 g/mol. The molecule has 0 bridgehead atoms. The molecule has 84 valence electrons. The predicted octanol–water partition coefficient (Wildman–Crippen LogP) is 3.26. The van der Waals surface area contributed by atoms with Gasteiger partial charge in [-0.3, -0.25) is 4.98 Å². The van der Waals surface area contributed by atoms with Gasteiger partial charge in [-0.25, -0.2) is 0 Å². The molecule has 0 amide bonds. The molecule has 0 aliphatic carbocycles. The van der Waals surface area contributed by atoms with Crippen molar-refractivity contribution in [3.05, 3.63) is 23.5 Å². The van der Waals surface area contributed by atoms with Gasteiger partial charge in [-0.1, -0.05) is 41.5 Å². The van der Waals surface area contributed by atoms with Crippen LogP contribution >= 0.6 is 0 Å². The Balaban J connectivity index is 3.30. The van der Waals surface area contributed by atoms with Crippen LogP contribution < -0.4 is 5.73 Å². The number of nitrogens with zero attached hydrogens (tertiary/aromatic N) is 1. The quantitative estimate of drug-likeness (QED) is 0.707. The average molecular weight is 206 g/mol. The normalized spacial score (nSPS) is 12.9. The molecule has 2 N–H and O–H groups in total. The molecule has 1 aromatic heterocycles. The lowest BCUT2D eigenvalue weighted by molar-refractivity contribution is 0.532. The van der Waals surface area contributed by atoms with Crippen LogP contribution in [0.1, 0.15) is 52.9 Å². The van der Waals surface area contributed by atoms with Crippen LogP contribution in [0.25, 0.3) is 0 Å². The minimum atomic E-state index is 0.0510. The molecule has 0 saturated heterocycles. The molecule has 0 saturated carbocycles. The zero-order valence-electron chi connectivity index (χ0n) is 10.7. The summed E-state index contributed by atoms with van der Waals surface area (Å²) in [5.41, 5.74) is 8.94. The molecule has 0 atom stereocenters. The van der Waals surface area contributed by atoms with Crippen molar-refractivity contribution in [1.29, 1.82) is 0 Å². The van der Waals surface area contributed by atoms with Gasteiger partial charge < -0.3 is 5.73 Å². The van der Waals surface area contributed by atoms with Crippen LogP contribution in [-0.2, 0) is 10.8 Å². The Morgan fingerprint density at radius 3 is 1.47 bits per heavy atom. The first kappa shape index (κ1) is 12.0. The smallest absolute Gasteiger partial charge is 0.0481 e. The lowest BCUT2D eigenvalue weighted by Gasteiger charge is -2.24. The highest BCUT2D eigenvalue weighted by atomic mass is 14.8. The molecule has 1 rings (SSSR count). The molecule has 0 spiro atoms. The van der Waals surface area contributed by atoms with E-state index in [0.717, 1.165) is 17.1 Å².